The molecule has 0 radical (unpaired) electrons. The molecular formula is C24H36N2O5S. The van der Waals surface area contributed by atoms with Gasteiger partial charge >= 0.3 is 5.97 Å². The summed E-state index contributed by atoms with van der Waals surface area (Å²) in [6.07, 6.45) is 8.67. The quantitative estimate of drug-likeness (QED) is 0.651. The van der Waals surface area contributed by atoms with Crippen LogP contribution in [0, 0.1) is 19.8 Å². The fraction of sp³-hybridized carbons (Fsp3) is 0.667. The third kappa shape index (κ3) is 6.54. The summed E-state index contributed by atoms with van der Waals surface area (Å²) in [7, 11) is -3.58. The number of piperidine rings is 1. The Bertz CT molecular complexity index is 899. The molecule has 8 heteroatoms. The third-order valence-corrected chi connectivity index (χ3v) is 8.61. The highest BCUT2D eigenvalue weighted by Crippen LogP contribution is 2.26. The number of nitrogens with one attached hydrogen (secondary N) is 1. The van der Waals surface area contributed by atoms with Crippen molar-refractivity contribution in [2.75, 3.05) is 19.7 Å². The van der Waals surface area contributed by atoms with E-state index in [1.54, 1.807) is 12.1 Å². The van der Waals surface area contributed by atoms with Crippen molar-refractivity contribution in [1.29, 1.82) is 0 Å². The summed E-state index contributed by atoms with van der Waals surface area (Å²) in [4.78, 5) is 24.9. The summed E-state index contributed by atoms with van der Waals surface area (Å²) >= 11 is 0. The van der Waals surface area contributed by atoms with E-state index in [1.807, 2.05) is 19.9 Å². The van der Waals surface area contributed by atoms with E-state index < -0.39 is 16.0 Å². The molecule has 0 unspecified atom stereocenters. The number of hydrogen-bond donors (Lipinski definition) is 1. The highest BCUT2D eigenvalue weighted by Gasteiger charge is 2.33. The largest absolute Gasteiger partial charge is 0.455 e. The Morgan fingerprint density at radius 3 is 2.22 bits per heavy atom. The van der Waals surface area contributed by atoms with Crippen LogP contribution in [-0.2, 0) is 24.3 Å². The number of carbonyl (C=O) groups is 2. The van der Waals surface area contributed by atoms with E-state index in [2.05, 4.69) is 5.32 Å². The Balaban J connectivity index is 1.44. The van der Waals surface area contributed by atoms with Crippen LogP contribution in [0.2, 0.25) is 0 Å². The molecule has 2 fully saturated rings. The third-order valence-electron chi connectivity index (χ3n) is 6.72. The van der Waals surface area contributed by atoms with Gasteiger partial charge in [-0.1, -0.05) is 38.2 Å². The number of carbonyl (C=O) groups excluding carboxylic acids is 2. The molecule has 0 bridgehead atoms. The molecule has 1 N–H and O–H groups in total. The van der Waals surface area contributed by atoms with Gasteiger partial charge in [-0.15, -0.1) is 0 Å². The topological polar surface area (TPSA) is 92.8 Å². The maximum atomic E-state index is 12.9. The van der Waals surface area contributed by atoms with E-state index in [0.29, 0.717) is 12.8 Å². The Kier molecular flexibility index (Phi) is 8.71. The van der Waals surface area contributed by atoms with Crippen molar-refractivity contribution in [3.05, 3.63) is 29.3 Å². The van der Waals surface area contributed by atoms with E-state index in [4.69, 9.17) is 4.74 Å². The molecule has 0 aromatic heterocycles. The molecule has 32 heavy (non-hydrogen) atoms. The molecule has 1 aromatic rings. The maximum Gasteiger partial charge on any atom is 0.309 e. The van der Waals surface area contributed by atoms with Gasteiger partial charge in [0, 0.05) is 19.1 Å². The molecule has 1 amide bonds. The Labute approximate surface area is 191 Å². The number of rotatable bonds is 6. The number of amides is 1. The monoisotopic (exact) mass is 464 g/mol. The van der Waals surface area contributed by atoms with Crippen molar-refractivity contribution >= 4 is 21.9 Å². The van der Waals surface area contributed by atoms with Crippen molar-refractivity contribution < 1.29 is 22.7 Å². The van der Waals surface area contributed by atoms with Crippen LogP contribution in [0.25, 0.3) is 0 Å². The first-order valence-electron chi connectivity index (χ1n) is 11.8. The van der Waals surface area contributed by atoms with Crippen LogP contribution >= 0.6 is 0 Å². The molecule has 7 nitrogen and oxygen atoms in total. The first-order chi connectivity index (χ1) is 15.3. The van der Waals surface area contributed by atoms with E-state index in [9.17, 15) is 18.0 Å². The minimum absolute atomic E-state index is 0.167. The number of nitrogens with zero attached hydrogens (tertiary/aromatic N) is 1. The molecule has 0 atom stereocenters. The van der Waals surface area contributed by atoms with Gasteiger partial charge in [0.25, 0.3) is 5.91 Å². The minimum Gasteiger partial charge on any atom is -0.455 e. The van der Waals surface area contributed by atoms with E-state index >= 15 is 0 Å². The van der Waals surface area contributed by atoms with Gasteiger partial charge in [0.15, 0.2) is 6.61 Å². The first kappa shape index (κ1) is 24.7. The lowest BCUT2D eigenvalue weighted by molar-refractivity contribution is -0.153. The smallest absolute Gasteiger partial charge is 0.309 e. The minimum atomic E-state index is -3.58. The second-order valence-corrected chi connectivity index (χ2v) is 11.1. The van der Waals surface area contributed by atoms with Crippen LogP contribution in [0.3, 0.4) is 0 Å². The molecule has 178 valence electrons. The van der Waals surface area contributed by atoms with Crippen molar-refractivity contribution in [2.24, 2.45) is 5.92 Å². The standard InChI is InChI=1S/C24H36N2O5S/c1-18-10-11-22(16-19(18)2)32(29,30)26-14-12-20(13-15-26)24(28)31-17-23(27)25-21-8-6-4-3-5-7-9-21/h10-11,16,20-21H,3-9,12-15,17H2,1-2H3,(H,25,27). The molecule has 3 rings (SSSR count). The van der Waals surface area contributed by atoms with Crippen LogP contribution in [-0.4, -0.2) is 50.3 Å². The molecule has 1 saturated heterocycles. The normalized spacial score (nSPS) is 19.7. The zero-order chi connectivity index (χ0) is 23.1. The zero-order valence-corrected chi connectivity index (χ0v) is 20.1. The van der Waals surface area contributed by atoms with Gasteiger partial charge < -0.3 is 10.1 Å². The fourth-order valence-electron chi connectivity index (χ4n) is 4.48. The molecule has 1 aromatic carbocycles. The Morgan fingerprint density at radius 1 is 0.969 bits per heavy atom. The SMILES string of the molecule is Cc1ccc(S(=O)(=O)N2CCC(C(=O)OCC(=O)NC3CCCCCCC3)CC2)cc1C. The predicted molar refractivity (Wildman–Crippen MR) is 123 cm³/mol. The van der Waals surface area contributed by atoms with Crippen LogP contribution in [0.5, 0.6) is 0 Å². The first-order valence-corrected chi connectivity index (χ1v) is 13.2. The lowest BCUT2D eigenvalue weighted by Crippen LogP contribution is -2.42. The van der Waals surface area contributed by atoms with Gasteiger partial charge in [0.2, 0.25) is 10.0 Å². The summed E-state index contributed by atoms with van der Waals surface area (Å²) < 4.78 is 32.6. The van der Waals surface area contributed by atoms with E-state index in [0.717, 1.165) is 36.8 Å². The Morgan fingerprint density at radius 2 is 1.59 bits per heavy atom. The second-order valence-electron chi connectivity index (χ2n) is 9.14. The van der Waals surface area contributed by atoms with Crippen molar-refractivity contribution in [2.45, 2.75) is 82.6 Å². The van der Waals surface area contributed by atoms with Gasteiger partial charge in [-0.25, -0.2) is 8.42 Å². The van der Waals surface area contributed by atoms with Gasteiger partial charge in [-0.3, -0.25) is 9.59 Å². The highest BCUT2D eigenvalue weighted by molar-refractivity contribution is 7.89. The van der Waals surface area contributed by atoms with Crippen molar-refractivity contribution in [3.8, 4) is 0 Å². The number of aryl methyl sites for hydroxylation is 2. The van der Waals surface area contributed by atoms with Crippen LogP contribution in [0.15, 0.2) is 23.1 Å². The summed E-state index contributed by atoms with van der Waals surface area (Å²) in [6.45, 7) is 4.11. The van der Waals surface area contributed by atoms with Crippen LogP contribution in [0.4, 0.5) is 0 Å². The molecule has 0 spiro atoms. The molecular weight excluding hydrogens is 428 g/mol. The fourth-order valence-corrected chi connectivity index (χ4v) is 6.04. The van der Waals surface area contributed by atoms with Crippen LogP contribution in [0.1, 0.15) is 68.9 Å². The van der Waals surface area contributed by atoms with Gasteiger partial charge in [0.1, 0.15) is 0 Å². The number of hydrogen-bond acceptors (Lipinski definition) is 5. The lowest BCUT2D eigenvalue weighted by atomic mass is 9.97. The average Bonchev–Trinajstić information content (AvgIpc) is 2.75. The molecule has 2 aliphatic rings. The van der Waals surface area contributed by atoms with Gasteiger partial charge in [-0.05, 0) is 62.8 Å². The van der Waals surface area contributed by atoms with Crippen molar-refractivity contribution in [1.82, 2.24) is 9.62 Å². The second kappa shape index (κ2) is 11.3. The summed E-state index contributed by atoms with van der Waals surface area (Å²) in [5.74, 6) is -1.05. The lowest BCUT2D eigenvalue weighted by Gasteiger charge is -2.30. The summed E-state index contributed by atoms with van der Waals surface area (Å²) in [5, 5.41) is 2.99. The van der Waals surface area contributed by atoms with Crippen molar-refractivity contribution in [3.63, 3.8) is 0 Å². The molecule has 1 aliphatic heterocycles. The number of sulfonamides is 1. The van der Waals surface area contributed by atoms with Crippen LogP contribution < -0.4 is 5.32 Å². The van der Waals surface area contributed by atoms with E-state index in [-0.39, 0.29) is 42.5 Å². The van der Waals surface area contributed by atoms with E-state index in [1.165, 1.54) is 23.6 Å². The molecule has 1 saturated carbocycles. The number of ether oxygens (including phenoxy) is 1. The van der Waals surface area contributed by atoms with Gasteiger partial charge in [0.05, 0.1) is 10.8 Å². The molecule has 1 heterocycles. The predicted octanol–water partition coefficient (Wildman–Crippen LogP) is 3.48. The number of esters is 1. The van der Waals surface area contributed by atoms with Gasteiger partial charge in [-0.2, -0.15) is 4.31 Å². The number of benzene rings is 1. The molecule has 1 aliphatic carbocycles. The summed E-state index contributed by atoms with van der Waals surface area (Å²) in [5.41, 5.74) is 1.98. The maximum absolute atomic E-state index is 12.9. The average molecular weight is 465 g/mol. The highest BCUT2D eigenvalue weighted by atomic mass is 32.2. The summed E-state index contributed by atoms with van der Waals surface area (Å²) in [6, 6.07) is 5.31. The Hall–Kier alpha value is -1.93. The zero-order valence-electron chi connectivity index (χ0n) is 19.3.